The van der Waals surface area contributed by atoms with Gasteiger partial charge in [-0.15, -0.1) is 0 Å². The van der Waals surface area contributed by atoms with Crippen molar-refractivity contribution in [2.75, 3.05) is 11.9 Å². The highest BCUT2D eigenvalue weighted by molar-refractivity contribution is 5.94. The second-order valence-corrected chi connectivity index (χ2v) is 4.59. The molecule has 0 aliphatic heterocycles. The molecule has 0 fully saturated rings. The molecule has 4 N–H and O–H groups in total. The largest absolute Gasteiger partial charge is 0.482 e. The first-order valence-corrected chi connectivity index (χ1v) is 6.24. The summed E-state index contributed by atoms with van der Waals surface area (Å²) in [7, 11) is 0. The molecule has 1 amide bonds. The first-order chi connectivity index (χ1) is 9.54. The molecule has 0 spiro atoms. The van der Waals surface area contributed by atoms with Gasteiger partial charge >= 0.3 is 5.97 Å². The average Bonchev–Trinajstić information content (AvgIpc) is 2.85. The van der Waals surface area contributed by atoms with Crippen molar-refractivity contribution >= 4 is 17.6 Å². The van der Waals surface area contributed by atoms with E-state index in [1.807, 2.05) is 12.2 Å². The van der Waals surface area contributed by atoms with E-state index in [0.29, 0.717) is 17.9 Å². The quantitative estimate of drug-likeness (QED) is 0.696. The Bertz CT molecular complexity index is 524. The number of ether oxygens (including phenoxy) is 1. The first-order valence-electron chi connectivity index (χ1n) is 6.24. The van der Waals surface area contributed by atoms with Gasteiger partial charge in [-0.3, -0.25) is 4.79 Å². The summed E-state index contributed by atoms with van der Waals surface area (Å²) >= 11 is 0. The van der Waals surface area contributed by atoms with Crippen LogP contribution in [0.2, 0.25) is 0 Å². The Labute approximate surface area is 116 Å². The van der Waals surface area contributed by atoms with Gasteiger partial charge in [0.2, 0.25) is 5.91 Å². The smallest absolute Gasteiger partial charge is 0.341 e. The van der Waals surface area contributed by atoms with Gasteiger partial charge in [0, 0.05) is 11.7 Å². The fraction of sp³-hybridized carbons (Fsp3) is 0.286. The number of nitrogens with two attached hydrogens (primary N) is 1. The van der Waals surface area contributed by atoms with Crippen molar-refractivity contribution < 1.29 is 19.4 Å². The minimum atomic E-state index is -1.04. The Morgan fingerprint density at radius 3 is 2.55 bits per heavy atom. The molecule has 0 bridgehead atoms. The number of hydrogen-bond acceptors (Lipinski definition) is 4. The predicted molar refractivity (Wildman–Crippen MR) is 73.4 cm³/mol. The maximum atomic E-state index is 11.9. The van der Waals surface area contributed by atoms with E-state index < -0.39 is 12.6 Å². The second-order valence-electron chi connectivity index (χ2n) is 4.59. The number of benzene rings is 1. The number of rotatable bonds is 5. The van der Waals surface area contributed by atoms with Crippen LogP contribution in [-0.2, 0) is 9.59 Å². The third kappa shape index (κ3) is 3.83. The number of carbonyl (C=O) groups is 2. The van der Waals surface area contributed by atoms with Crippen molar-refractivity contribution in [2.24, 2.45) is 11.7 Å². The minimum absolute atomic E-state index is 0.0578. The molecule has 20 heavy (non-hydrogen) atoms. The van der Waals surface area contributed by atoms with Gasteiger partial charge in [0.05, 0.1) is 5.92 Å². The van der Waals surface area contributed by atoms with Crippen molar-refractivity contribution in [1.82, 2.24) is 0 Å². The summed E-state index contributed by atoms with van der Waals surface area (Å²) in [4.78, 5) is 22.3. The molecule has 2 rings (SSSR count). The van der Waals surface area contributed by atoms with Crippen LogP contribution in [0.1, 0.15) is 6.42 Å². The predicted octanol–water partition coefficient (Wildman–Crippen LogP) is 0.992. The molecule has 6 nitrogen and oxygen atoms in total. The molecule has 1 aromatic rings. The zero-order chi connectivity index (χ0) is 14.5. The van der Waals surface area contributed by atoms with Crippen LogP contribution in [0.5, 0.6) is 5.75 Å². The highest BCUT2D eigenvalue weighted by atomic mass is 16.5. The zero-order valence-electron chi connectivity index (χ0n) is 10.8. The van der Waals surface area contributed by atoms with Gasteiger partial charge in [0.25, 0.3) is 0 Å². The monoisotopic (exact) mass is 276 g/mol. The first kappa shape index (κ1) is 14.1. The van der Waals surface area contributed by atoms with Crippen LogP contribution in [0.15, 0.2) is 36.4 Å². The molecule has 2 atom stereocenters. The molecule has 0 saturated carbocycles. The van der Waals surface area contributed by atoms with Crippen molar-refractivity contribution in [3.8, 4) is 5.75 Å². The molecule has 0 heterocycles. The van der Waals surface area contributed by atoms with Crippen molar-refractivity contribution in [2.45, 2.75) is 12.5 Å². The lowest BCUT2D eigenvalue weighted by Crippen LogP contribution is -2.23. The van der Waals surface area contributed by atoms with E-state index >= 15 is 0 Å². The van der Waals surface area contributed by atoms with Crippen LogP contribution in [0.25, 0.3) is 0 Å². The molecule has 1 aromatic carbocycles. The fourth-order valence-corrected chi connectivity index (χ4v) is 1.94. The fourth-order valence-electron chi connectivity index (χ4n) is 1.94. The third-order valence-electron chi connectivity index (χ3n) is 2.94. The number of carbonyl (C=O) groups excluding carboxylic acids is 1. The Balaban J connectivity index is 1.88. The van der Waals surface area contributed by atoms with Gasteiger partial charge in [-0.25, -0.2) is 4.79 Å². The molecule has 6 heteroatoms. The average molecular weight is 276 g/mol. The summed E-state index contributed by atoms with van der Waals surface area (Å²) in [6.07, 6.45) is 4.25. The third-order valence-corrected chi connectivity index (χ3v) is 2.94. The lowest BCUT2D eigenvalue weighted by molar-refractivity contribution is -0.139. The maximum absolute atomic E-state index is 11.9. The van der Waals surface area contributed by atoms with Crippen LogP contribution in [0.4, 0.5) is 5.69 Å². The molecule has 0 saturated heterocycles. The number of carboxylic acid groups (broad SMARTS) is 1. The lowest BCUT2D eigenvalue weighted by atomic mass is 10.1. The lowest BCUT2D eigenvalue weighted by Gasteiger charge is -2.11. The molecule has 0 aromatic heterocycles. The Hall–Kier alpha value is -2.34. The van der Waals surface area contributed by atoms with Crippen LogP contribution < -0.4 is 15.8 Å². The number of nitrogens with one attached hydrogen (secondary N) is 1. The topological polar surface area (TPSA) is 102 Å². The summed E-state index contributed by atoms with van der Waals surface area (Å²) in [5, 5.41) is 11.3. The van der Waals surface area contributed by atoms with E-state index in [1.165, 1.54) is 0 Å². The van der Waals surface area contributed by atoms with E-state index in [1.54, 1.807) is 24.3 Å². The van der Waals surface area contributed by atoms with Crippen LogP contribution >= 0.6 is 0 Å². The van der Waals surface area contributed by atoms with E-state index in [4.69, 9.17) is 15.6 Å². The summed E-state index contributed by atoms with van der Waals surface area (Å²) in [5.74, 6) is -0.902. The van der Waals surface area contributed by atoms with Gasteiger partial charge in [-0.05, 0) is 30.7 Å². The van der Waals surface area contributed by atoms with E-state index in [-0.39, 0.29) is 17.9 Å². The highest BCUT2D eigenvalue weighted by Crippen LogP contribution is 2.20. The van der Waals surface area contributed by atoms with Crippen molar-refractivity contribution in [3.63, 3.8) is 0 Å². The van der Waals surface area contributed by atoms with Gasteiger partial charge in [0.15, 0.2) is 6.61 Å². The number of carboxylic acids is 1. The van der Waals surface area contributed by atoms with Gasteiger partial charge in [0.1, 0.15) is 5.75 Å². The molecule has 1 aliphatic carbocycles. The number of aliphatic carboxylic acids is 1. The van der Waals surface area contributed by atoms with E-state index in [0.717, 1.165) is 0 Å². The molecule has 0 radical (unpaired) electrons. The van der Waals surface area contributed by atoms with Crippen LogP contribution in [-0.4, -0.2) is 29.6 Å². The van der Waals surface area contributed by atoms with Gasteiger partial charge < -0.3 is 20.9 Å². The Morgan fingerprint density at radius 2 is 2.00 bits per heavy atom. The molecule has 106 valence electrons. The minimum Gasteiger partial charge on any atom is -0.482 e. The van der Waals surface area contributed by atoms with Crippen LogP contribution in [0, 0.1) is 5.92 Å². The SMILES string of the molecule is NC1C=CC(C(=O)Nc2ccc(OCC(=O)O)cc2)C1. The molecule has 2 unspecified atom stereocenters. The van der Waals surface area contributed by atoms with E-state index in [2.05, 4.69) is 5.32 Å². The molecular formula is C14H16N2O4. The second kappa shape index (κ2) is 6.21. The number of hydrogen-bond donors (Lipinski definition) is 3. The highest BCUT2D eigenvalue weighted by Gasteiger charge is 2.22. The summed E-state index contributed by atoms with van der Waals surface area (Å²) in [6.45, 7) is -0.392. The summed E-state index contributed by atoms with van der Waals surface area (Å²) in [5.41, 5.74) is 6.33. The van der Waals surface area contributed by atoms with Gasteiger partial charge in [-0.2, -0.15) is 0 Å². The number of amides is 1. The summed E-state index contributed by atoms with van der Waals surface area (Å²) < 4.78 is 5.00. The van der Waals surface area contributed by atoms with Crippen LogP contribution in [0.3, 0.4) is 0 Å². The Kier molecular flexibility index (Phi) is 4.37. The van der Waals surface area contributed by atoms with Crippen molar-refractivity contribution in [3.05, 3.63) is 36.4 Å². The van der Waals surface area contributed by atoms with Gasteiger partial charge in [-0.1, -0.05) is 12.2 Å². The van der Waals surface area contributed by atoms with Crippen molar-refractivity contribution in [1.29, 1.82) is 0 Å². The normalized spacial score (nSPS) is 20.6. The summed E-state index contributed by atoms with van der Waals surface area (Å²) in [6, 6.07) is 6.47. The van der Waals surface area contributed by atoms with E-state index in [9.17, 15) is 9.59 Å². The maximum Gasteiger partial charge on any atom is 0.341 e. The Morgan fingerprint density at radius 1 is 1.30 bits per heavy atom. The number of anilines is 1. The zero-order valence-corrected chi connectivity index (χ0v) is 10.8. The standard InChI is InChI=1S/C14H16N2O4/c15-10-2-1-9(7-10)14(19)16-11-3-5-12(6-4-11)20-8-13(17)18/h1-6,9-10H,7-8,15H2,(H,16,19)(H,17,18). The molecular weight excluding hydrogens is 260 g/mol. The molecule has 1 aliphatic rings.